The number of hydrogen-bond donors (Lipinski definition) is 0. The highest BCUT2D eigenvalue weighted by Gasteiger charge is 2.39. The molecule has 0 unspecified atom stereocenters. The van der Waals surface area contributed by atoms with Crippen LogP contribution in [0.4, 0.5) is 0 Å². The standard InChI is InChI=1S/C22H18N4O3S2/c1-29-15-7-9-16(10-8-15)31(27,28)26-20(14-19(25-26)21-6-3-13-30-21)17-4-2-5-18-22(17)24-12-11-23-18/h2-13,20H,14H2,1H3/t20-/m0/s1. The number of benzene rings is 2. The van der Waals surface area contributed by atoms with Gasteiger partial charge in [0.15, 0.2) is 0 Å². The van der Waals surface area contributed by atoms with Crippen LogP contribution in [0.15, 0.2) is 82.4 Å². The van der Waals surface area contributed by atoms with Gasteiger partial charge in [0.25, 0.3) is 10.0 Å². The fourth-order valence-corrected chi connectivity index (χ4v) is 5.82. The molecule has 156 valence electrons. The van der Waals surface area contributed by atoms with Crippen molar-refractivity contribution in [3.05, 3.63) is 82.8 Å². The van der Waals surface area contributed by atoms with Gasteiger partial charge in [0, 0.05) is 24.4 Å². The summed E-state index contributed by atoms with van der Waals surface area (Å²) in [5, 5.41) is 6.53. The Hall–Kier alpha value is -3.30. The third kappa shape index (κ3) is 3.45. The minimum absolute atomic E-state index is 0.154. The molecule has 0 bridgehead atoms. The fraction of sp³-hybridized carbons (Fsp3) is 0.136. The first-order valence-electron chi connectivity index (χ1n) is 9.57. The first-order valence-corrected chi connectivity index (χ1v) is 11.9. The number of sulfonamides is 1. The van der Waals surface area contributed by atoms with Crippen molar-refractivity contribution in [3.8, 4) is 5.75 Å². The highest BCUT2D eigenvalue weighted by Crippen LogP contribution is 2.39. The molecule has 3 heterocycles. The quantitative estimate of drug-likeness (QED) is 0.454. The maximum atomic E-state index is 13.6. The highest BCUT2D eigenvalue weighted by molar-refractivity contribution is 7.89. The zero-order chi connectivity index (χ0) is 21.4. The van der Waals surface area contributed by atoms with E-state index in [1.54, 1.807) is 31.6 Å². The zero-order valence-electron chi connectivity index (χ0n) is 16.5. The first-order chi connectivity index (χ1) is 15.1. The molecule has 1 aliphatic heterocycles. The lowest BCUT2D eigenvalue weighted by molar-refractivity contribution is 0.372. The molecule has 0 saturated carbocycles. The Labute approximate surface area is 183 Å². The molecular formula is C22H18N4O3S2. The summed E-state index contributed by atoms with van der Waals surface area (Å²) in [5.41, 5.74) is 2.90. The summed E-state index contributed by atoms with van der Waals surface area (Å²) >= 11 is 1.54. The monoisotopic (exact) mass is 450 g/mol. The van der Waals surface area contributed by atoms with Crippen LogP contribution < -0.4 is 4.74 Å². The van der Waals surface area contributed by atoms with Crippen LogP contribution in [0.5, 0.6) is 5.75 Å². The van der Waals surface area contributed by atoms with Crippen LogP contribution in [0.25, 0.3) is 11.0 Å². The Kier molecular flexibility index (Phi) is 4.91. The Morgan fingerprint density at radius 3 is 2.58 bits per heavy atom. The van der Waals surface area contributed by atoms with Gasteiger partial charge in [0.2, 0.25) is 0 Å². The molecule has 2 aromatic carbocycles. The fourth-order valence-electron chi connectivity index (χ4n) is 3.67. The zero-order valence-corrected chi connectivity index (χ0v) is 18.2. The van der Waals surface area contributed by atoms with E-state index in [4.69, 9.17) is 4.74 Å². The van der Waals surface area contributed by atoms with E-state index in [0.717, 1.165) is 16.2 Å². The number of para-hydroxylation sites is 1. The molecule has 0 N–H and O–H groups in total. The largest absolute Gasteiger partial charge is 0.497 e. The van der Waals surface area contributed by atoms with Crippen LogP contribution >= 0.6 is 11.3 Å². The van der Waals surface area contributed by atoms with Gasteiger partial charge in [0.1, 0.15) is 5.75 Å². The van der Waals surface area contributed by atoms with E-state index in [9.17, 15) is 8.42 Å². The maximum Gasteiger partial charge on any atom is 0.279 e. The lowest BCUT2D eigenvalue weighted by atomic mass is 10.0. The van der Waals surface area contributed by atoms with E-state index in [-0.39, 0.29) is 4.90 Å². The normalized spacial score (nSPS) is 16.5. The van der Waals surface area contributed by atoms with Gasteiger partial charge in [-0.3, -0.25) is 9.97 Å². The number of rotatable bonds is 5. The average Bonchev–Trinajstić information content (AvgIpc) is 3.49. The van der Waals surface area contributed by atoms with Crippen molar-refractivity contribution in [2.75, 3.05) is 7.11 Å². The molecule has 1 aliphatic rings. The summed E-state index contributed by atoms with van der Waals surface area (Å²) in [5.74, 6) is 0.587. The molecule has 4 aromatic rings. The number of hydrazone groups is 1. The van der Waals surface area contributed by atoms with Crippen molar-refractivity contribution in [1.82, 2.24) is 14.4 Å². The van der Waals surface area contributed by atoms with Crippen LogP contribution in [0, 0.1) is 0 Å². The number of nitrogens with zero attached hydrogens (tertiary/aromatic N) is 4. The van der Waals surface area contributed by atoms with E-state index in [1.807, 2.05) is 35.7 Å². The Bertz CT molecular complexity index is 1360. The minimum atomic E-state index is -3.91. The predicted octanol–water partition coefficient (Wildman–Crippen LogP) is 4.24. The van der Waals surface area contributed by atoms with Gasteiger partial charge in [-0.05, 0) is 41.8 Å². The average molecular weight is 451 g/mol. The van der Waals surface area contributed by atoms with Crippen molar-refractivity contribution in [2.24, 2.45) is 5.10 Å². The number of hydrogen-bond acceptors (Lipinski definition) is 7. The highest BCUT2D eigenvalue weighted by atomic mass is 32.2. The van der Waals surface area contributed by atoms with E-state index >= 15 is 0 Å². The maximum absolute atomic E-state index is 13.6. The summed E-state index contributed by atoms with van der Waals surface area (Å²) in [6, 6.07) is 15.3. The summed E-state index contributed by atoms with van der Waals surface area (Å²) in [6.07, 6.45) is 3.69. The third-order valence-corrected chi connectivity index (χ3v) is 7.79. The van der Waals surface area contributed by atoms with Crippen LogP contribution in [0.3, 0.4) is 0 Å². The molecule has 0 aliphatic carbocycles. The van der Waals surface area contributed by atoms with E-state index in [0.29, 0.717) is 23.2 Å². The number of fused-ring (bicyclic) bond motifs is 1. The van der Waals surface area contributed by atoms with Gasteiger partial charge in [0.05, 0.1) is 39.7 Å². The molecule has 0 spiro atoms. The lowest BCUT2D eigenvalue weighted by Gasteiger charge is -2.24. The Balaban J connectivity index is 1.64. The molecule has 31 heavy (non-hydrogen) atoms. The lowest BCUT2D eigenvalue weighted by Crippen LogP contribution is -2.27. The van der Waals surface area contributed by atoms with Crippen molar-refractivity contribution >= 4 is 38.1 Å². The molecule has 1 atom stereocenters. The molecule has 5 rings (SSSR count). The first kappa shape index (κ1) is 19.7. The van der Waals surface area contributed by atoms with Crippen molar-refractivity contribution in [2.45, 2.75) is 17.4 Å². The molecule has 9 heteroatoms. The summed E-state index contributed by atoms with van der Waals surface area (Å²) in [6.45, 7) is 0. The Morgan fingerprint density at radius 2 is 1.84 bits per heavy atom. The van der Waals surface area contributed by atoms with Crippen molar-refractivity contribution < 1.29 is 13.2 Å². The van der Waals surface area contributed by atoms with Crippen LogP contribution in [0.1, 0.15) is 22.9 Å². The second kappa shape index (κ2) is 7.75. The van der Waals surface area contributed by atoms with E-state index in [2.05, 4.69) is 15.1 Å². The molecule has 7 nitrogen and oxygen atoms in total. The van der Waals surface area contributed by atoms with Gasteiger partial charge in [-0.1, -0.05) is 18.2 Å². The van der Waals surface area contributed by atoms with Gasteiger partial charge < -0.3 is 4.74 Å². The summed E-state index contributed by atoms with van der Waals surface area (Å²) in [4.78, 5) is 9.94. The molecule has 0 saturated heterocycles. The summed E-state index contributed by atoms with van der Waals surface area (Å²) in [7, 11) is -2.37. The topological polar surface area (TPSA) is 84.8 Å². The SMILES string of the molecule is COc1ccc(S(=O)(=O)N2N=C(c3cccs3)C[C@H]2c2cccc3nccnc23)cc1. The number of aromatic nitrogens is 2. The smallest absolute Gasteiger partial charge is 0.279 e. The Morgan fingerprint density at radius 1 is 1.03 bits per heavy atom. The van der Waals surface area contributed by atoms with Gasteiger partial charge >= 0.3 is 0 Å². The number of methoxy groups -OCH3 is 1. The van der Waals surface area contributed by atoms with E-state index in [1.165, 1.54) is 27.9 Å². The van der Waals surface area contributed by atoms with Gasteiger partial charge in [-0.25, -0.2) is 0 Å². The van der Waals surface area contributed by atoms with Crippen LogP contribution in [0.2, 0.25) is 0 Å². The van der Waals surface area contributed by atoms with Crippen molar-refractivity contribution in [3.63, 3.8) is 0 Å². The van der Waals surface area contributed by atoms with E-state index < -0.39 is 16.1 Å². The number of ether oxygens (including phenoxy) is 1. The molecular weight excluding hydrogens is 432 g/mol. The van der Waals surface area contributed by atoms with Crippen LogP contribution in [-0.2, 0) is 10.0 Å². The molecule has 0 fully saturated rings. The second-order valence-corrected chi connectivity index (χ2v) is 9.71. The predicted molar refractivity (Wildman–Crippen MR) is 120 cm³/mol. The van der Waals surface area contributed by atoms with Gasteiger partial charge in [-0.2, -0.15) is 17.9 Å². The number of thiophene rings is 1. The van der Waals surface area contributed by atoms with Crippen molar-refractivity contribution in [1.29, 1.82) is 0 Å². The second-order valence-electron chi connectivity index (χ2n) is 6.97. The van der Waals surface area contributed by atoms with Crippen LogP contribution in [-0.4, -0.2) is 35.6 Å². The summed E-state index contributed by atoms with van der Waals surface area (Å²) < 4.78 is 33.6. The minimum Gasteiger partial charge on any atom is -0.497 e. The third-order valence-electron chi connectivity index (χ3n) is 5.17. The molecule has 0 radical (unpaired) electrons. The molecule has 0 amide bonds. The molecule has 2 aromatic heterocycles. The van der Waals surface area contributed by atoms with Gasteiger partial charge in [-0.15, -0.1) is 11.3 Å².